The number of hydrogen-bond donors (Lipinski definition) is 0. The minimum absolute atomic E-state index is 0.272. The fraction of sp³-hybridized carbons (Fsp3) is 0.455. The molecule has 1 aliphatic carbocycles. The molecule has 1 nitrogen and oxygen atoms in total. The van der Waals surface area contributed by atoms with Gasteiger partial charge in [0.15, 0.2) is 0 Å². The van der Waals surface area contributed by atoms with Crippen LogP contribution in [0.1, 0.15) is 27.7 Å². The first-order valence-corrected chi connectivity index (χ1v) is 4.38. The molecule has 2 rings (SSSR count). The van der Waals surface area contributed by atoms with Crippen LogP contribution in [-0.2, 0) is 4.74 Å². The van der Waals surface area contributed by atoms with Gasteiger partial charge in [0.05, 0.1) is 0 Å². The van der Waals surface area contributed by atoms with E-state index in [0.717, 1.165) is 5.76 Å². The van der Waals surface area contributed by atoms with Gasteiger partial charge >= 0.3 is 0 Å². The number of rotatable bonds is 0. The van der Waals surface area contributed by atoms with Gasteiger partial charge in [0.1, 0.15) is 11.9 Å². The molecule has 0 saturated heterocycles. The third-order valence-electron chi connectivity index (χ3n) is 2.87. The molecule has 1 aliphatic heterocycles. The molecule has 0 bridgehead atoms. The Kier molecular flexibility index (Phi) is 1.44. The molecule has 1 heterocycles. The molecule has 0 aromatic carbocycles. The molecular weight excluding hydrogens is 148 g/mol. The van der Waals surface area contributed by atoms with Gasteiger partial charge in [-0.2, -0.15) is 0 Å². The van der Waals surface area contributed by atoms with Crippen molar-refractivity contribution in [2.75, 3.05) is 0 Å². The smallest absolute Gasteiger partial charge is 0.128 e. The Morgan fingerprint density at radius 2 is 1.92 bits per heavy atom. The predicted octanol–water partition coefficient (Wildman–Crippen LogP) is 2.96. The van der Waals surface area contributed by atoms with Crippen molar-refractivity contribution in [3.05, 3.63) is 34.1 Å². The standard InChI is InChI=1S/C11H14O/c1-6-5-10-11(7(6)2)8(3)9(4)12-10/h5,9H,1-4H3. The van der Waals surface area contributed by atoms with Crippen molar-refractivity contribution in [1.82, 2.24) is 0 Å². The van der Waals surface area contributed by atoms with Crippen molar-refractivity contribution < 1.29 is 4.74 Å². The summed E-state index contributed by atoms with van der Waals surface area (Å²) in [4.78, 5) is 0. The van der Waals surface area contributed by atoms with Crippen molar-refractivity contribution in [3.8, 4) is 0 Å². The highest BCUT2D eigenvalue weighted by atomic mass is 16.5. The number of fused-ring (bicyclic) bond motifs is 1. The molecule has 0 fully saturated rings. The zero-order valence-corrected chi connectivity index (χ0v) is 8.06. The van der Waals surface area contributed by atoms with Gasteiger partial charge in [-0.05, 0) is 50.5 Å². The summed E-state index contributed by atoms with van der Waals surface area (Å²) in [6.07, 6.45) is 2.41. The van der Waals surface area contributed by atoms with E-state index < -0.39 is 0 Å². The molecule has 0 N–H and O–H groups in total. The fourth-order valence-corrected chi connectivity index (χ4v) is 1.82. The van der Waals surface area contributed by atoms with Crippen molar-refractivity contribution >= 4 is 0 Å². The third-order valence-corrected chi connectivity index (χ3v) is 2.87. The molecule has 0 aromatic rings. The number of allylic oxidation sites excluding steroid dienone is 3. The van der Waals surface area contributed by atoms with Gasteiger partial charge in [0.2, 0.25) is 0 Å². The lowest BCUT2D eigenvalue weighted by atomic mass is 10.0. The van der Waals surface area contributed by atoms with E-state index >= 15 is 0 Å². The zero-order valence-electron chi connectivity index (χ0n) is 8.06. The van der Waals surface area contributed by atoms with E-state index in [2.05, 4.69) is 33.8 Å². The highest BCUT2D eigenvalue weighted by Crippen LogP contribution is 2.40. The fourth-order valence-electron chi connectivity index (χ4n) is 1.82. The second-order valence-corrected chi connectivity index (χ2v) is 3.63. The lowest BCUT2D eigenvalue weighted by Gasteiger charge is -2.05. The SMILES string of the molecule is CC1=C(C)C2=C(C)C(C)OC2=C1. The van der Waals surface area contributed by atoms with E-state index in [1.54, 1.807) is 0 Å². The molecule has 0 aromatic heterocycles. The Bertz CT molecular complexity index is 329. The second kappa shape index (κ2) is 2.25. The lowest BCUT2D eigenvalue weighted by Crippen LogP contribution is -2.00. The second-order valence-electron chi connectivity index (χ2n) is 3.63. The van der Waals surface area contributed by atoms with E-state index in [0.29, 0.717) is 0 Å². The average molecular weight is 162 g/mol. The topological polar surface area (TPSA) is 9.23 Å². The first-order valence-electron chi connectivity index (χ1n) is 4.38. The maximum absolute atomic E-state index is 5.68. The minimum Gasteiger partial charge on any atom is -0.486 e. The Morgan fingerprint density at radius 3 is 2.50 bits per heavy atom. The lowest BCUT2D eigenvalue weighted by molar-refractivity contribution is 0.190. The van der Waals surface area contributed by atoms with Crippen molar-refractivity contribution in [1.29, 1.82) is 0 Å². The Hall–Kier alpha value is -0.980. The summed E-state index contributed by atoms with van der Waals surface area (Å²) < 4.78 is 5.68. The monoisotopic (exact) mass is 162 g/mol. The van der Waals surface area contributed by atoms with Crippen molar-refractivity contribution in [3.63, 3.8) is 0 Å². The average Bonchev–Trinajstić information content (AvgIpc) is 2.40. The van der Waals surface area contributed by atoms with Crippen LogP contribution in [0, 0.1) is 0 Å². The Morgan fingerprint density at radius 1 is 1.25 bits per heavy atom. The quantitative estimate of drug-likeness (QED) is 0.532. The van der Waals surface area contributed by atoms with Crippen LogP contribution in [0.5, 0.6) is 0 Å². The van der Waals surface area contributed by atoms with Crippen LogP contribution in [0.25, 0.3) is 0 Å². The summed E-state index contributed by atoms with van der Waals surface area (Å²) in [7, 11) is 0. The van der Waals surface area contributed by atoms with Gasteiger partial charge in [0.25, 0.3) is 0 Å². The van der Waals surface area contributed by atoms with E-state index in [9.17, 15) is 0 Å². The van der Waals surface area contributed by atoms with Crippen LogP contribution in [0.3, 0.4) is 0 Å². The molecular formula is C11H14O. The van der Waals surface area contributed by atoms with Gasteiger partial charge in [-0.25, -0.2) is 0 Å². The first kappa shape index (κ1) is 7.66. The van der Waals surface area contributed by atoms with Gasteiger partial charge in [-0.1, -0.05) is 0 Å². The first-order chi connectivity index (χ1) is 5.61. The van der Waals surface area contributed by atoms with E-state index in [4.69, 9.17) is 4.74 Å². The van der Waals surface area contributed by atoms with Crippen LogP contribution in [0.2, 0.25) is 0 Å². The maximum Gasteiger partial charge on any atom is 0.128 e. The molecule has 0 amide bonds. The Balaban J connectivity index is 2.55. The van der Waals surface area contributed by atoms with Crippen molar-refractivity contribution in [2.45, 2.75) is 33.8 Å². The molecule has 0 spiro atoms. The zero-order chi connectivity index (χ0) is 8.88. The molecule has 0 radical (unpaired) electrons. The van der Waals surface area contributed by atoms with Crippen LogP contribution in [-0.4, -0.2) is 6.10 Å². The largest absolute Gasteiger partial charge is 0.486 e. The van der Waals surface area contributed by atoms with Crippen LogP contribution >= 0.6 is 0 Å². The van der Waals surface area contributed by atoms with Crippen molar-refractivity contribution in [2.24, 2.45) is 0 Å². The molecule has 64 valence electrons. The van der Waals surface area contributed by atoms with Gasteiger partial charge in [0, 0.05) is 5.57 Å². The normalized spacial score (nSPS) is 27.7. The summed E-state index contributed by atoms with van der Waals surface area (Å²) in [5, 5.41) is 0. The minimum atomic E-state index is 0.272. The van der Waals surface area contributed by atoms with E-state index in [1.165, 1.54) is 22.3 Å². The van der Waals surface area contributed by atoms with Crippen LogP contribution in [0.15, 0.2) is 34.1 Å². The summed E-state index contributed by atoms with van der Waals surface area (Å²) in [5.74, 6) is 1.08. The van der Waals surface area contributed by atoms with Gasteiger partial charge in [-0.3, -0.25) is 0 Å². The maximum atomic E-state index is 5.68. The predicted molar refractivity (Wildman–Crippen MR) is 49.7 cm³/mol. The number of ether oxygens (including phenoxy) is 1. The highest BCUT2D eigenvalue weighted by Gasteiger charge is 2.29. The molecule has 2 aliphatic rings. The molecule has 1 unspecified atom stereocenters. The molecule has 0 saturated carbocycles. The van der Waals surface area contributed by atoms with Gasteiger partial charge < -0.3 is 4.74 Å². The highest BCUT2D eigenvalue weighted by molar-refractivity contribution is 5.60. The van der Waals surface area contributed by atoms with E-state index in [-0.39, 0.29) is 6.10 Å². The summed E-state index contributed by atoms with van der Waals surface area (Å²) in [6, 6.07) is 0. The number of hydrogen-bond acceptors (Lipinski definition) is 1. The van der Waals surface area contributed by atoms with Gasteiger partial charge in [-0.15, -0.1) is 0 Å². The van der Waals surface area contributed by atoms with E-state index in [1.807, 2.05) is 0 Å². The molecule has 1 atom stereocenters. The van der Waals surface area contributed by atoms with Crippen LogP contribution < -0.4 is 0 Å². The summed E-state index contributed by atoms with van der Waals surface area (Å²) in [5.41, 5.74) is 5.44. The van der Waals surface area contributed by atoms with Crippen LogP contribution in [0.4, 0.5) is 0 Å². The summed E-state index contributed by atoms with van der Waals surface area (Å²) >= 11 is 0. The third kappa shape index (κ3) is 0.795. The Labute approximate surface area is 73.4 Å². The summed E-state index contributed by atoms with van der Waals surface area (Å²) in [6.45, 7) is 8.56. The molecule has 12 heavy (non-hydrogen) atoms. The molecule has 1 heteroatoms.